The number of carbonyl (C=O) groups excluding carboxylic acids is 1. The first-order chi connectivity index (χ1) is 12.1. The molecule has 0 saturated heterocycles. The lowest BCUT2D eigenvalue weighted by Gasteiger charge is -1.97. The van der Waals surface area contributed by atoms with Crippen LogP contribution in [0, 0.1) is 6.92 Å². The number of amides is 1. The molecule has 0 bridgehead atoms. The summed E-state index contributed by atoms with van der Waals surface area (Å²) in [7, 11) is 0. The first kappa shape index (κ1) is 16.9. The van der Waals surface area contributed by atoms with Crippen LogP contribution in [0.2, 0.25) is 5.02 Å². The minimum atomic E-state index is -0.245. The number of rotatable bonds is 5. The third kappa shape index (κ3) is 4.78. The largest absolute Gasteiger partial charge is 0.343 e. The van der Waals surface area contributed by atoms with E-state index in [1.165, 1.54) is 6.08 Å². The molecule has 1 aromatic heterocycles. The van der Waals surface area contributed by atoms with E-state index in [0.29, 0.717) is 16.7 Å². The molecule has 0 radical (unpaired) electrons. The van der Waals surface area contributed by atoms with Crippen molar-refractivity contribution >= 4 is 23.6 Å². The highest BCUT2D eigenvalue weighted by molar-refractivity contribution is 6.30. The maximum Gasteiger partial charge on any atom is 0.246 e. The van der Waals surface area contributed by atoms with Gasteiger partial charge in [0.25, 0.3) is 0 Å². The summed E-state index contributed by atoms with van der Waals surface area (Å²) >= 11 is 5.82. The Kier molecular flexibility index (Phi) is 5.26. The van der Waals surface area contributed by atoms with Gasteiger partial charge in [0.1, 0.15) is 0 Å². The van der Waals surface area contributed by atoms with Crippen molar-refractivity contribution in [3.8, 4) is 11.4 Å². The van der Waals surface area contributed by atoms with Crippen LogP contribution in [0.3, 0.4) is 0 Å². The van der Waals surface area contributed by atoms with E-state index in [0.717, 1.165) is 16.7 Å². The maximum atomic E-state index is 11.9. The number of nitrogens with zero attached hydrogens (tertiary/aromatic N) is 2. The second-order valence-corrected chi connectivity index (χ2v) is 5.92. The lowest BCUT2D eigenvalue weighted by Crippen LogP contribution is -2.20. The molecule has 0 aliphatic rings. The van der Waals surface area contributed by atoms with Gasteiger partial charge in [0.2, 0.25) is 17.6 Å². The summed E-state index contributed by atoms with van der Waals surface area (Å²) in [5.41, 5.74) is 2.92. The van der Waals surface area contributed by atoms with Gasteiger partial charge in [-0.15, -0.1) is 0 Å². The van der Waals surface area contributed by atoms with Crippen LogP contribution in [-0.4, -0.2) is 16.0 Å². The number of aryl methyl sites for hydroxylation is 1. The van der Waals surface area contributed by atoms with Gasteiger partial charge in [-0.2, -0.15) is 4.98 Å². The molecule has 0 spiro atoms. The van der Waals surface area contributed by atoms with Crippen molar-refractivity contribution in [2.24, 2.45) is 0 Å². The fraction of sp³-hybridized carbons (Fsp3) is 0.105. The standard InChI is InChI=1S/C19H16ClN3O2/c1-13-2-7-15(8-3-13)19-22-18(25-23-19)12-21-17(24)11-6-14-4-9-16(20)10-5-14/h2-11H,12H2,1H3,(H,21,24). The normalized spacial score (nSPS) is 11.0. The summed E-state index contributed by atoms with van der Waals surface area (Å²) < 4.78 is 5.16. The molecule has 0 unspecified atom stereocenters. The zero-order chi connectivity index (χ0) is 17.6. The molecule has 1 N–H and O–H groups in total. The molecule has 25 heavy (non-hydrogen) atoms. The highest BCUT2D eigenvalue weighted by Crippen LogP contribution is 2.16. The molecule has 3 aromatic rings. The Morgan fingerprint density at radius 2 is 1.88 bits per heavy atom. The van der Waals surface area contributed by atoms with E-state index in [1.54, 1.807) is 18.2 Å². The van der Waals surface area contributed by atoms with Crippen LogP contribution in [0.25, 0.3) is 17.5 Å². The number of hydrogen-bond donors (Lipinski definition) is 1. The second-order valence-electron chi connectivity index (χ2n) is 5.48. The van der Waals surface area contributed by atoms with E-state index in [2.05, 4.69) is 15.5 Å². The lowest BCUT2D eigenvalue weighted by molar-refractivity contribution is -0.116. The van der Waals surface area contributed by atoms with Gasteiger partial charge in [-0.3, -0.25) is 4.79 Å². The van der Waals surface area contributed by atoms with Crippen LogP contribution in [0.15, 0.2) is 59.1 Å². The first-order valence-corrected chi connectivity index (χ1v) is 8.09. The average molecular weight is 354 g/mol. The molecule has 126 valence electrons. The van der Waals surface area contributed by atoms with Crippen molar-refractivity contribution in [1.82, 2.24) is 15.5 Å². The Labute approximate surface area is 150 Å². The molecule has 0 saturated carbocycles. The molecular formula is C19H16ClN3O2. The maximum absolute atomic E-state index is 11.9. The van der Waals surface area contributed by atoms with Crippen molar-refractivity contribution < 1.29 is 9.32 Å². The first-order valence-electron chi connectivity index (χ1n) is 7.71. The summed E-state index contributed by atoms with van der Waals surface area (Å²) in [4.78, 5) is 16.1. The predicted octanol–water partition coefficient (Wildman–Crippen LogP) is 4.03. The van der Waals surface area contributed by atoms with Crippen LogP contribution in [0.1, 0.15) is 17.0 Å². The minimum Gasteiger partial charge on any atom is -0.343 e. The minimum absolute atomic E-state index is 0.169. The molecule has 3 rings (SSSR count). The SMILES string of the molecule is Cc1ccc(-c2noc(CNC(=O)C=Cc3ccc(Cl)cc3)n2)cc1. The molecular weight excluding hydrogens is 338 g/mol. The highest BCUT2D eigenvalue weighted by atomic mass is 35.5. The molecule has 1 amide bonds. The number of hydrogen-bond acceptors (Lipinski definition) is 4. The topological polar surface area (TPSA) is 68.0 Å². The molecule has 6 heteroatoms. The van der Waals surface area contributed by atoms with Gasteiger partial charge in [0.05, 0.1) is 6.54 Å². The number of aromatic nitrogens is 2. The van der Waals surface area contributed by atoms with Crippen LogP contribution in [-0.2, 0) is 11.3 Å². The van der Waals surface area contributed by atoms with Crippen molar-refractivity contribution in [2.75, 3.05) is 0 Å². The van der Waals surface area contributed by atoms with E-state index < -0.39 is 0 Å². The molecule has 2 aromatic carbocycles. The van der Waals surface area contributed by atoms with Gasteiger partial charge >= 0.3 is 0 Å². The Morgan fingerprint density at radius 3 is 2.60 bits per heavy atom. The summed E-state index contributed by atoms with van der Waals surface area (Å²) in [5, 5.41) is 7.29. The summed E-state index contributed by atoms with van der Waals surface area (Å²) in [5.74, 6) is 0.606. The zero-order valence-electron chi connectivity index (χ0n) is 13.6. The molecule has 0 aliphatic carbocycles. The van der Waals surface area contributed by atoms with E-state index in [9.17, 15) is 4.79 Å². The second kappa shape index (κ2) is 7.77. The molecule has 0 fully saturated rings. The van der Waals surface area contributed by atoms with E-state index in [1.807, 2.05) is 43.3 Å². The van der Waals surface area contributed by atoms with E-state index >= 15 is 0 Å². The highest BCUT2D eigenvalue weighted by Gasteiger charge is 2.08. The molecule has 0 aliphatic heterocycles. The van der Waals surface area contributed by atoms with Gasteiger partial charge in [-0.1, -0.05) is 58.7 Å². The van der Waals surface area contributed by atoms with Crippen molar-refractivity contribution in [3.05, 3.63) is 76.6 Å². The number of carbonyl (C=O) groups is 1. The lowest BCUT2D eigenvalue weighted by atomic mass is 10.1. The Morgan fingerprint density at radius 1 is 1.16 bits per heavy atom. The van der Waals surface area contributed by atoms with Crippen molar-refractivity contribution in [2.45, 2.75) is 13.5 Å². The van der Waals surface area contributed by atoms with E-state index in [4.69, 9.17) is 16.1 Å². The third-order valence-electron chi connectivity index (χ3n) is 3.49. The Bertz CT molecular complexity index is 884. The summed E-state index contributed by atoms with van der Waals surface area (Å²) in [6.45, 7) is 2.18. The van der Waals surface area contributed by atoms with Gasteiger partial charge in [0, 0.05) is 16.7 Å². The smallest absolute Gasteiger partial charge is 0.246 e. The van der Waals surface area contributed by atoms with Crippen molar-refractivity contribution in [3.63, 3.8) is 0 Å². The number of nitrogens with one attached hydrogen (secondary N) is 1. The predicted molar refractivity (Wildman–Crippen MR) is 96.8 cm³/mol. The summed E-state index contributed by atoms with van der Waals surface area (Å²) in [6.07, 6.45) is 3.15. The fourth-order valence-corrected chi connectivity index (χ4v) is 2.24. The number of halogens is 1. The van der Waals surface area contributed by atoms with Gasteiger partial charge < -0.3 is 9.84 Å². The van der Waals surface area contributed by atoms with Crippen LogP contribution in [0.5, 0.6) is 0 Å². The van der Waals surface area contributed by atoms with E-state index in [-0.39, 0.29) is 12.5 Å². The molecule has 1 heterocycles. The Balaban J connectivity index is 1.55. The van der Waals surface area contributed by atoms with Gasteiger partial charge in [-0.05, 0) is 30.7 Å². The third-order valence-corrected chi connectivity index (χ3v) is 3.74. The van der Waals surface area contributed by atoms with Crippen LogP contribution in [0.4, 0.5) is 0 Å². The number of benzene rings is 2. The molecule has 0 atom stereocenters. The monoisotopic (exact) mass is 353 g/mol. The zero-order valence-corrected chi connectivity index (χ0v) is 14.3. The molecule has 5 nitrogen and oxygen atoms in total. The van der Waals surface area contributed by atoms with Crippen LogP contribution >= 0.6 is 11.6 Å². The van der Waals surface area contributed by atoms with Gasteiger partial charge in [-0.25, -0.2) is 0 Å². The quantitative estimate of drug-likeness (QED) is 0.703. The summed E-state index contributed by atoms with van der Waals surface area (Å²) in [6, 6.07) is 15.0. The fourth-order valence-electron chi connectivity index (χ4n) is 2.11. The van der Waals surface area contributed by atoms with Crippen molar-refractivity contribution in [1.29, 1.82) is 0 Å². The Hall–Kier alpha value is -2.92. The van der Waals surface area contributed by atoms with Crippen LogP contribution < -0.4 is 5.32 Å². The van der Waals surface area contributed by atoms with Gasteiger partial charge in [0.15, 0.2) is 0 Å². The average Bonchev–Trinajstić information content (AvgIpc) is 3.09.